The number of ether oxygens (including phenoxy) is 2. The molecule has 1 saturated heterocycles. The number of nitro benzene ring substituents is 1. The number of anilines is 1. The molecule has 1 aliphatic heterocycles. The van der Waals surface area contributed by atoms with Gasteiger partial charge >= 0.3 is 0 Å². The summed E-state index contributed by atoms with van der Waals surface area (Å²) < 4.78 is 10.9. The van der Waals surface area contributed by atoms with Crippen LogP contribution in [0.5, 0.6) is 11.5 Å². The van der Waals surface area contributed by atoms with E-state index in [0.717, 1.165) is 0 Å². The second-order valence-corrected chi connectivity index (χ2v) is 8.41. The first kappa shape index (κ1) is 24.5. The third kappa shape index (κ3) is 4.63. The number of carbonyl (C=O) groups is 2. The Morgan fingerprint density at radius 1 is 0.944 bits per heavy atom. The fraction of sp³-hybridized carbons (Fsp3) is 0.185. The van der Waals surface area contributed by atoms with E-state index in [0.29, 0.717) is 22.7 Å². The van der Waals surface area contributed by atoms with Gasteiger partial charge in [-0.25, -0.2) is 0 Å². The molecule has 1 atom stereocenters. The first-order valence-corrected chi connectivity index (χ1v) is 11.2. The Labute approximate surface area is 207 Å². The lowest BCUT2D eigenvalue weighted by atomic mass is 9.95. The number of Topliss-reactive ketones (excluding diaryl/α,β-unsaturated/α-hetero) is 1. The van der Waals surface area contributed by atoms with Crippen LogP contribution < -0.4 is 14.4 Å². The second kappa shape index (κ2) is 9.91. The summed E-state index contributed by atoms with van der Waals surface area (Å²) in [5.74, 6) is -0.907. The molecule has 3 aromatic carbocycles. The van der Waals surface area contributed by atoms with Crippen molar-refractivity contribution in [2.24, 2.45) is 0 Å². The number of carbonyl (C=O) groups excluding carboxylic acids is 2. The van der Waals surface area contributed by atoms with Crippen LogP contribution in [0.2, 0.25) is 0 Å². The number of aliphatic hydroxyl groups excluding tert-OH is 1. The van der Waals surface area contributed by atoms with E-state index in [4.69, 9.17) is 9.47 Å². The van der Waals surface area contributed by atoms with Crippen molar-refractivity contribution in [3.8, 4) is 11.5 Å². The summed E-state index contributed by atoms with van der Waals surface area (Å²) in [6, 6.07) is 17.7. The molecular weight excluding hydrogens is 464 g/mol. The first-order valence-electron chi connectivity index (χ1n) is 11.2. The quantitative estimate of drug-likeness (QED) is 0.163. The maximum absolute atomic E-state index is 13.2. The Hall–Kier alpha value is -4.66. The van der Waals surface area contributed by atoms with Crippen molar-refractivity contribution in [2.75, 3.05) is 12.0 Å². The van der Waals surface area contributed by atoms with Crippen LogP contribution in [-0.2, 0) is 9.59 Å². The maximum Gasteiger partial charge on any atom is 0.300 e. The predicted octanol–water partition coefficient (Wildman–Crippen LogP) is 5.02. The molecule has 1 amide bonds. The van der Waals surface area contributed by atoms with Gasteiger partial charge in [-0.1, -0.05) is 12.1 Å². The van der Waals surface area contributed by atoms with Gasteiger partial charge in [0.2, 0.25) is 0 Å². The van der Waals surface area contributed by atoms with Crippen molar-refractivity contribution in [1.29, 1.82) is 0 Å². The summed E-state index contributed by atoms with van der Waals surface area (Å²) in [4.78, 5) is 38.2. The van der Waals surface area contributed by atoms with E-state index in [1.54, 1.807) is 48.5 Å². The van der Waals surface area contributed by atoms with Crippen molar-refractivity contribution < 1.29 is 29.1 Å². The molecule has 9 nitrogen and oxygen atoms in total. The Morgan fingerprint density at radius 2 is 1.53 bits per heavy atom. The van der Waals surface area contributed by atoms with Crippen LogP contribution in [-0.4, -0.2) is 34.9 Å². The van der Waals surface area contributed by atoms with Crippen LogP contribution in [0.25, 0.3) is 5.76 Å². The zero-order valence-electron chi connectivity index (χ0n) is 19.9. The van der Waals surface area contributed by atoms with Gasteiger partial charge in [0.1, 0.15) is 17.3 Å². The van der Waals surface area contributed by atoms with Gasteiger partial charge < -0.3 is 14.6 Å². The topological polar surface area (TPSA) is 119 Å². The Bertz CT molecular complexity index is 1330. The number of non-ortho nitro benzene ring substituents is 1. The molecule has 0 aromatic heterocycles. The molecule has 4 rings (SSSR count). The number of ketones is 1. The van der Waals surface area contributed by atoms with Gasteiger partial charge in [0.05, 0.1) is 29.8 Å². The minimum absolute atomic E-state index is 0.0390. The number of amides is 1. The van der Waals surface area contributed by atoms with E-state index in [1.807, 2.05) is 13.8 Å². The van der Waals surface area contributed by atoms with Crippen LogP contribution in [0, 0.1) is 10.1 Å². The van der Waals surface area contributed by atoms with Gasteiger partial charge in [-0.05, 0) is 67.9 Å². The molecule has 0 aliphatic carbocycles. The molecule has 9 heteroatoms. The largest absolute Gasteiger partial charge is 0.507 e. The highest BCUT2D eigenvalue weighted by molar-refractivity contribution is 6.51. The van der Waals surface area contributed by atoms with Gasteiger partial charge in [-0.2, -0.15) is 0 Å². The average molecular weight is 488 g/mol. The number of rotatable bonds is 7. The third-order valence-electron chi connectivity index (χ3n) is 5.71. The molecule has 0 bridgehead atoms. The van der Waals surface area contributed by atoms with Gasteiger partial charge in [0, 0.05) is 23.4 Å². The van der Waals surface area contributed by atoms with E-state index in [-0.39, 0.29) is 22.9 Å². The lowest BCUT2D eigenvalue weighted by Crippen LogP contribution is -2.29. The fourth-order valence-corrected chi connectivity index (χ4v) is 4.05. The molecule has 0 spiro atoms. The lowest BCUT2D eigenvalue weighted by molar-refractivity contribution is -0.384. The molecule has 1 N–H and O–H groups in total. The van der Waals surface area contributed by atoms with Crippen molar-refractivity contribution in [3.63, 3.8) is 0 Å². The number of nitro groups is 1. The zero-order chi connectivity index (χ0) is 26.0. The van der Waals surface area contributed by atoms with Gasteiger partial charge in [0.25, 0.3) is 17.4 Å². The minimum Gasteiger partial charge on any atom is -0.507 e. The number of aliphatic hydroxyl groups is 1. The predicted molar refractivity (Wildman–Crippen MR) is 133 cm³/mol. The standard InChI is InChI=1S/C27H24N2O7/c1-16(2)36-22-12-6-17(7-13-22)24-23(25(30)18-4-8-20(9-5-18)29(33)34)26(31)27(32)28(24)19-10-14-21(35-3)15-11-19/h4-16,24,30H,1-3H3/b25-23-. The van der Waals surface area contributed by atoms with Crippen molar-refractivity contribution in [1.82, 2.24) is 0 Å². The molecule has 0 radical (unpaired) electrons. The van der Waals surface area contributed by atoms with Gasteiger partial charge in [-0.15, -0.1) is 0 Å². The van der Waals surface area contributed by atoms with Gasteiger partial charge in [0.15, 0.2) is 0 Å². The van der Waals surface area contributed by atoms with E-state index >= 15 is 0 Å². The molecule has 0 saturated carbocycles. The highest BCUT2D eigenvalue weighted by atomic mass is 16.6. The molecule has 1 fully saturated rings. The fourth-order valence-electron chi connectivity index (χ4n) is 4.05. The molecule has 3 aromatic rings. The third-order valence-corrected chi connectivity index (χ3v) is 5.71. The SMILES string of the molecule is COc1ccc(N2C(=O)C(=O)/C(=C(\O)c3ccc([N+](=O)[O-])cc3)C2c2ccc(OC(C)C)cc2)cc1. The van der Waals surface area contributed by atoms with Crippen molar-refractivity contribution in [3.05, 3.63) is 99.6 Å². The number of benzene rings is 3. The van der Waals surface area contributed by atoms with Gasteiger partial charge in [-0.3, -0.25) is 24.6 Å². The summed E-state index contributed by atoms with van der Waals surface area (Å²) in [5.41, 5.74) is 0.903. The summed E-state index contributed by atoms with van der Waals surface area (Å²) in [6.45, 7) is 3.80. The average Bonchev–Trinajstić information content (AvgIpc) is 3.14. The van der Waals surface area contributed by atoms with E-state index in [9.17, 15) is 24.8 Å². The molecular formula is C27H24N2O7. The summed E-state index contributed by atoms with van der Waals surface area (Å²) in [7, 11) is 1.52. The van der Waals surface area contributed by atoms with Crippen LogP contribution in [0.4, 0.5) is 11.4 Å². The van der Waals surface area contributed by atoms with Crippen LogP contribution in [0.3, 0.4) is 0 Å². The van der Waals surface area contributed by atoms with Crippen LogP contribution >= 0.6 is 0 Å². The maximum atomic E-state index is 13.2. The van der Waals surface area contributed by atoms with Crippen LogP contribution in [0.15, 0.2) is 78.4 Å². The highest BCUT2D eigenvalue weighted by Crippen LogP contribution is 2.43. The number of nitrogens with zero attached hydrogens (tertiary/aromatic N) is 2. The molecule has 1 heterocycles. The van der Waals surface area contributed by atoms with Crippen molar-refractivity contribution in [2.45, 2.75) is 26.0 Å². The monoisotopic (exact) mass is 488 g/mol. The van der Waals surface area contributed by atoms with E-state index in [2.05, 4.69) is 0 Å². The Kier molecular flexibility index (Phi) is 6.73. The Morgan fingerprint density at radius 3 is 2.06 bits per heavy atom. The highest BCUT2D eigenvalue weighted by Gasteiger charge is 2.47. The smallest absolute Gasteiger partial charge is 0.300 e. The molecule has 1 unspecified atom stereocenters. The molecule has 36 heavy (non-hydrogen) atoms. The molecule has 184 valence electrons. The summed E-state index contributed by atoms with van der Waals surface area (Å²) in [6.07, 6.45) is -0.0390. The lowest BCUT2D eigenvalue weighted by Gasteiger charge is -2.26. The zero-order valence-corrected chi connectivity index (χ0v) is 19.9. The van der Waals surface area contributed by atoms with Crippen molar-refractivity contribution >= 4 is 28.8 Å². The van der Waals surface area contributed by atoms with E-state index < -0.39 is 28.4 Å². The Balaban J connectivity index is 1.86. The van der Waals surface area contributed by atoms with Crippen LogP contribution in [0.1, 0.15) is 31.0 Å². The second-order valence-electron chi connectivity index (χ2n) is 8.41. The minimum atomic E-state index is -0.943. The first-order chi connectivity index (χ1) is 17.2. The summed E-state index contributed by atoms with van der Waals surface area (Å²) in [5, 5.41) is 22.2. The number of hydrogen-bond donors (Lipinski definition) is 1. The number of hydrogen-bond acceptors (Lipinski definition) is 7. The normalized spacial score (nSPS) is 16.9. The molecule has 1 aliphatic rings. The van der Waals surface area contributed by atoms with E-state index in [1.165, 1.54) is 36.3 Å². The number of methoxy groups -OCH3 is 1. The summed E-state index contributed by atoms with van der Waals surface area (Å²) >= 11 is 0.